The second kappa shape index (κ2) is 4.61. The van der Waals surface area contributed by atoms with E-state index in [-0.39, 0.29) is 11.7 Å². The Balaban J connectivity index is 1.87. The number of ether oxygens (including phenoxy) is 1. The van der Waals surface area contributed by atoms with E-state index in [1.807, 2.05) is 0 Å². The van der Waals surface area contributed by atoms with Crippen LogP contribution in [-0.4, -0.2) is 39.1 Å². The fourth-order valence-electron chi connectivity index (χ4n) is 1.75. The first-order valence-electron chi connectivity index (χ1n) is 5.55. The molecular weight excluding hydrogens is 236 g/mol. The molecular formula is C11H10N4O3. The van der Waals surface area contributed by atoms with Gasteiger partial charge in [-0.3, -0.25) is 9.78 Å². The average Bonchev–Trinajstić information content (AvgIpc) is 2.90. The van der Waals surface area contributed by atoms with Gasteiger partial charge >= 0.3 is 0 Å². The number of hydrogen-bond donors (Lipinski definition) is 0. The molecule has 0 radical (unpaired) electrons. The first-order valence-corrected chi connectivity index (χ1v) is 5.55. The van der Waals surface area contributed by atoms with Crippen LogP contribution in [-0.2, 0) is 9.53 Å². The molecule has 3 heterocycles. The normalized spacial score (nSPS) is 20.0. The average molecular weight is 246 g/mol. The zero-order valence-electron chi connectivity index (χ0n) is 9.44. The first-order chi connectivity index (χ1) is 8.84. The highest BCUT2D eigenvalue weighted by Crippen LogP contribution is 2.22. The van der Waals surface area contributed by atoms with E-state index < -0.39 is 5.92 Å². The SMILES string of the molecule is O=C1CCOCC1c1nc(-c2cnccn2)no1. The summed E-state index contributed by atoms with van der Waals surface area (Å²) in [6.45, 7) is 0.751. The highest BCUT2D eigenvalue weighted by atomic mass is 16.5. The van der Waals surface area contributed by atoms with E-state index in [2.05, 4.69) is 20.1 Å². The number of carbonyl (C=O) groups excluding carboxylic acids is 1. The number of rotatable bonds is 2. The first kappa shape index (κ1) is 11.0. The molecule has 0 saturated carbocycles. The Bertz CT molecular complexity index is 554. The Morgan fingerprint density at radius 1 is 1.33 bits per heavy atom. The van der Waals surface area contributed by atoms with E-state index in [4.69, 9.17) is 9.26 Å². The maximum Gasteiger partial charge on any atom is 0.239 e. The van der Waals surface area contributed by atoms with Gasteiger partial charge < -0.3 is 9.26 Å². The molecule has 1 unspecified atom stereocenters. The summed E-state index contributed by atoms with van der Waals surface area (Å²) in [6, 6.07) is 0. The van der Waals surface area contributed by atoms with Crippen LogP contribution in [0.5, 0.6) is 0 Å². The molecule has 0 N–H and O–H groups in total. The van der Waals surface area contributed by atoms with Crippen molar-refractivity contribution in [2.45, 2.75) is 12.3 Å². The minimum Gasteiger partial charge on any atom is -0.380 e. The van der Waals surface area contributed by atoms with Crippen LogP contribution in [0.2, 0.25) is 0 Å². The van der Waals surface area contributed by atoms with Crippen LogP contribution in [0.3, 0.4) is 0 Å². The number of ketones is 1. The van der Waals surface area contributed by atoms with Crippen LogP contribution in [0, 0.1) is 0 Å². The monoisotopic (exact) mass is 246 g/mol. The summed E-state index contributed by atoms with van der Waals surface area (Å²) in [6.07, 6.45) is 5.02. The summed E-state index contributed by atoms with van der Waals surface area (Å²) in [4.78, 5) is 23.9. The van der Waals surface area contributed by atoms with Crippen LogP contribution in [0.4, 0.5) is 0 Å². The third kappa shape index (κ3) is 2.00. The van der Waals surface area contributed by atoms with Crippen molar-refractivity contribution >= 4 is 5.78 Å². The summed E-state index contributed by atoms with van der Waals surface area (Å²) in [5.41, 5.74) is 0.511. The van der Waals surface area contributed by atoms with Gasteiger partial charge in [0.2, 0.25) is 11.7 Å². The van der Waals surface area contributed by atoms with Crippen LogP contribution in [0.1, 0.15) is 18.2 Å². The number of hydrogen-bond acceptors (Lipinski definition) is 7. The second-order valence-electron chi connectivity index (χ2n) is 3.89. The van der Waals surface area contributed by atoms with Crippen molar-refractivity contribution in [3.63, 3.8) is 0 Å². The fraction of sp³-hybridized carbons (Fsp3) is 0.364. The number of carbonyl (C=O) groups is 1. The van der Waals surface area contributed by atoms with Crippen molar-refractivity contribution < 1.29 is 14.1 Å². The Morgan fingerprint density at radius 2 is 2.28 bits per heavy atom. The molecule has 92 valence electrons. The molecule has 7 heteroatoms. The molecule has 1 fully saturated rings. The minimum atomic E-state index is -0.461. The lowest BCUT2D eigenvalue weighted by Crippen LogP contribution is -2.25. The predicted molar refractivity (Wildman–Crippen MR) is 58.5 cm³/mol. The van der Waals surface area contributed by atoms with Crippen molar-refractivity contribution in [2.24, 2.45) is 0 Å². The molecule has 18 heavy (non-hydrogen) atoms. The predicted octanol–water partition coefficient (Wildman–Crippen LogP) is 0.600. The van der Waals surface area contributed by atoms with Crippen LogP contribution >= 0.6 is 0 Å². The van der Waals surface area contributed by atoms with Gasteiger partial charge in [-0.15, -0.1) is 0 Å². The smallest absolute Gasteiger partial charge is 0.239 e. The maximum atomic E-state index is 11.7. The molecule has 1 atom stereocenters. The summed E-state index contributed by atoms with van der Waals surface area (Å²) in [5.74, 6) is 0.212. The summed E-state index contributed by atoms with van der Waals surface area (Å²) in [7, 11) is 0. The lowest BCUT2D eigenvalue weighted by molar-refractivity contribution is -0.127. The van der Waals surface area contributed by atoms with E-state index in [0.717, 1.165) is 0 Å². The van der Waals surface area contributed by atoms with Gasteiger partial charge in [-0.25, -0.2) is 4.98 Å². The highest BCUT2D eigenvalue weighted by molar-refractivity contribution is 5.85. The van der Waals surface area contributed by atoms with Gasteiger partial charge in [-0.1, -0.05) is 5.16 Å². The van der Waals surface area contributed by atoms with E-state index in [9.17, 15) is 4.79 Å². The lowest BCUT2D eigenvalue weighted by atomic mass is 10.0. The summed E-state index contributed by atoms with van der Waals surface area (Å²) in [5, 5.41) is 3.80. The third-order valence-corrected chi connectivity index (χ3v) is 2.70. The topological polar surface area (TPSA) is 91.0 Å². The number of aromatic nitrogens is 4. The molecule has 2 aromatic rings. The van der Waals surface area contributed by atoms with Crippen molar-refractivity contribution in [1.29, 1.82) is 0 Å². The Kier molecular flexibility index (Phi) is 2.81. The second-order valence-corrected chi connectivity index (χ2v) is 3.89. The van der Waals surface area contributed by atoms with Gasteiger partial charge in [0, 0.05) is 18.8 Å². The van der Waals surface area contributed by atoms with Crippen molar-refractivity contribution in [2.75, 3.05) is 13.2 Å². The highest BCUT2D eigenvalue weighted by Gasteiger charge is 2.30. The molecule has 1 aliphatic heterocycles. The lowest BCUT2D eigenvalue weighted by Gasteiger charge is -2.16. The van der Waals surface area contributed by atoms with Crippen LogP contribution in [0.15, 0.2) is 23.1 Å². The standard InChI is InChI=1S/C11H10N4O3/c16-9-1-4-17-6-7(9)11-14-10(15-18-11)8-5-12-2-3-13-8/h2-3,5,7H,1,4,6H2. The van der Waals surface area contributed by atoms with Gasteiger partial charge in [-0.05, 0) is 0 Å². The maximum absolute atomic E-state index is 11.7. The molecule has 3 rings (SSSR count). The minimum absolute atomic E-state index is 0.0654. The largest absolute Gasteiger partial charge is 0.380 e. The van der Waals surface area contributed by atoms with Gasteiger partial charge in [0.15, 0.2) is 0 Å². The zero-order valence-corrected chi connectivity index (χ0v) is 9.44. The summed E-state index contributed by atoms with van der Waals surface area (Å²) >= 11 is 0. The van der Waals surface area contributed by atoms with E-state index in [0.29, 0.717) is 31.2 Å². The van der Waals surface area contributed by atoms with Crippen molar-refractivity contribution in [1.82, 2.24) is 20.1 Å². The molecule has 0 bridgehead atoms. The molecule has 0 aliphatic carbocycles. The van der Waals surface area contributed by atoms with Gasteiger partial charge in [0.1, 0.15) is 17.4 Å². The molecule has 0 aromatic carbocycles. The van der Waals surface area contributed by atoms with E-state index >= 15 is 0 Å². The van der Waals surface area contributed by atoms with Gasteiger partial charge in [0.25, 0.3) is 0 Å². The fourth-order valence-corrected chi connectivity index (χ4v) is 1.75. The van der Waals surface area contributed by atoms with Crippen molar-refractivity contribution in [3.8, 4) is 11.5 Å². The molecule has 2 aromatic heterocycles. The molecule has 0 amide bonds. The van der Waals surface area contributed by atoms with Gasteiger partial charge in [0.05, 0.1) is 19.4 Å². The molecule has 1 aliphatic rings. The Labute approximate surface area is 102 Å². The number of Topliss-reactive ketones (excluding diaryl/α,β-unsaturated/α-hetero) is 1. The zero-order chi connectivity index (χ0) is 12.4. The number of nitrogens with zero attached hydrogens (tertiary/aromatic N) is 4. The quantitative estimate of drug-likeness (QED) is 0.766. The van der Waals surface area contributed by atoms with Crippen LogP contribution in [0.25, 0.3) is 11.5 Å². The van der Waals surface area contributed by atoms with Crippen LogP contribution < -0.4 is 0 Å². The Hall–Kier alpha value is -2.15. The van der Waals surface area contributed by atoms with Gasteiger partial charge in [-0.2, -0.15) is 4.98 Å². The van der Waals surface area contributed by atoms with E-state index in [1.165, 1.54) is 6.20 Å². The van der Waals surface area contributed by atoms with Crippen molar-refractivity contribution in [3.05, 3.63) is 24.5 Å². The molecule has 1 saturated heterocycles. The Morgan fingerprint density at radius 3 is 3.06 bits per heavy atom. The third-order valence-electron chi connectivity index (χ3n) is 2.70. The molecule has 7 nitrogen and oxygen atoms in total. The summed E-state index contributed by atoms with van der Waals surface area (Å²) < 4.78 is 10.3. The molecule has 0 spiro atoms. The van der Waals surface area contributed by atoms with E-state index in [1.54, 1.807) is 12.4 Å².